The molecule has 0 amide bonds. The van der Waals surface area contributed by atoms with E-state index in [-0.39, 0.29) is 11.6 Å². The first kappa shape index (κ1) is 14.2. The maximum atomic E-state index is 11.9. The number of ether oxygens (including phenoxy) is 1. The summed E-state index contributed by atoms with van der Waals surface area (Å²) in [6, 6.07) is 0. The van der Waals surface area contributed by atoms with Crippen LogP contribution < -0.4 is 0 Å². The molecule has 20 heavy (non-hydrogen) atoms. The topological polar surface area (TPSA) is 87.7 Å². The Kier molecular flexibility index (Phi) is 4.11. The molecule has 8 heteroatoms. The quantitative estimate of drug-likeness (QED) is 0.750. The summed E-state index contributed by atoms with van der Waals surface area (Å²) in [6.45, 7) is 6.45. The van der Waals surface area contributed by atoms with Gasteiger partial charge in [0.05, 0.1) is 12.3 Å². The van der Waals surface area contributed by atoms with E-state index in [0.29, 0.717) is 13.2 Å². The second kappa shape index (κ2) is 5.81. The summed E-state index contributed by atoms with van der Waals surface area (Å²) in [4.78, 5) is 16.0. The Morgan fingerprint density at radius 2 is 2.20 bits per heavy atom. The van der Waals surface area contributed by atoms with Crippen molar-refractivity contribution in [2.75, 3.05) is 6.61 Å². The summed E-state index contributed by atoms with van der Waals surface area (Å²) >= 11 is 0. The molecule has 0 saturated carbocycles. The summed E-state index contributed by atoms with van der Waals surface area (Å²) in [5, 5.41) is 12.0. The molecule has 0 aliphatic heterocycles. The molecule has 2 aromatic rings. The van der Waals surface area contributed by atoms with Crippen LogP contribution in [0.3, 0.4) is 0 Å². The number of hydrogen-bond acceptors (Lipinski definition) is 6. The first-order valence-electron chi connectivity index (χ1n) is 6.48. The van der Waals surface area contributed by atoms with Crippen molar-refractivity contribution in [1.82, 2.24) is 29.8 Å². The molecule has 0 atom stereocenters. The minimum absolute atomic E-state index is 0.0950. The normalized spacial score (nSPS) is 11.1. The van der Waals surface area contributed by atoms with Gasteiger partial charge in [-0.3, -0.25) is 4.68 Å². The average molecular weight is 278 g/mol. The lowest BCUT2D eigenvalue weighted by Gasteiger charge is -2.10. The number of aryl methyl sites for hydroxylation is 1. The van der Waals surface area contributed by atoms with Crippen LogP contribution in [0.25, 0.3) is 0 Å². The van der Waals surface area contributed by atoms with Crippen molar-refractivity contribution in [1.29, 1.82) is 0 Å². The van der Waals surface area contributed by atoms with Gasteiger partial charge in [0.1, 0.15) is 18.7 Å². The standard InChI is InChI=1S/C12H18N6O2/c1-5-20-12(19)10-11(8(2)3)18(16-15-10)6-9-13-7-14-17(9)4/h7-8H,5-6H2,1-4H3. The molecular formula is C12H18N6O2. The van der Waals surface area contributed by atoms with Crippen molar-refractivity contribution in [3.8, 4) is 0 Å². The van der Waals surface area contributed by atoms with Crippen LogP contribution in [0.1, 0.15) is 48.7 Å². The molecule has 2 aromatic heterocycles. The predicted molar refractivity (Wildman–Crippen MR) is 70.2 cm³/mol. The molecule has 0 radical (unpaired) electrons. The molecule has 2 rings (SSSR count). The summed E-state index contributed by atoms with van der Waals surface area (Å²) in [7, 11) is 1.81. The van der Waals surface area contributed by atoms with Crippen molar-refractivity contribution < 1.29 is 9.53 Å². The molecule has 0 aromatic carbocycles. The molecule has 0 N–H and O–H groups in total. The van der Waals surface area contributed by atoms with Gasteiger partial charge < -0.3 is 4.74 Å². The fourth-order valence-electron chi connectivity index (χ4n) is 1.95. The van der Waals surface area contributed by atoms with Crippen molar-refractivity contribution in [2.24, 2.45) is 7.05 Å². The molecule has 0 bridgehead atoms. The van der Waals surface area contributed by atoms with Crippen molar-refractivity contribution in [2.45, 2.75) is 33.2 Å². The first-order chi connectivity index (χ1) is 9.54. The Hall–Kier alpha value is -2.25. The Morgan fingerprint density at radius 3 is 2.75 bits per heavy atom. The summed E-state index contributed by atoms with van der Waals surface area (Å²) < 4.78 is 8.33. The molecular weight excluding hydrogens is 260 g/mol. The molecule has 0 saturated heterocycles. The van der Waals surface area contributed by atoms with Gasteiger partial charge in [0, 0.05) is 7.05 Å². The third-order valence-corrected chi connectivity index (χ3v) is 2.89. The van der Waals surface area contributed by atoms with E-state index in [9.17, 15) is 4.79 Å². The smallest absolute Gasteiger partial charge is 0.360 e. The highest BCUT2D eigenvalue weighted by molar-refractivity contribution is 5.88. The van der Waals surface area contributed by atoms with Crippen LogP contribution in [0.15, 0.2) is 6.33 Å². The van der Waals surface area contributed by atoms with Crippen molar-refractivity contribution >= 4 is 5.97 Å². The summed E-state index contributed by atoms with van der Waals surface area (Å²) in [6.07, 6.45) is 1.48. The van der Waals surface area contributed by atoms with Gasteiger partial charge in [-0.15, -0.1) is 5.10 Å². The molecule has 0 fully saturated rings. The predicted octanol–water partition coefficient (Wildman–Crippen LogP) is 0.755. The fourth-order valence-corrected chi connectivity index (χ4v) is 1.95. The van der Waals surface area contributed by atoms with Crippen LogP contribution in [0.4, 0.5) is 0 Å². The van der Waals surface area contributed by atoms with Crippen LogP contribution in [-0.4, -0.2) is 42.3 Å². The zero-order chi connectivity index (χ0) is 14.7. The van der Waals surface area contributed by atoms with Crippen LogP contribution in [0.2, 0.25) is 0 Å². The molecule has 0 unspecified atom stereocenters. The van der Waals surface area contributed by atoms with Gasteiger partial charge in [-0.2, -0.15) is 5.10 Å². The van der Waals surface area contributed by atoms with Crippen molar-refractivity contribution in [3.63, 3.8) is 0 Å². The highest BCUT2D eigenvalue weighted by Gasteiger charge is 2.23. The second-order valence-electron chi connectivity index (χ2n) is 4.66. The minimum atomic E-state index is -0.444. The van der Waals surface area contributed by atoms with Gasteiger partial charge in [0.25, 0.3) is 0 Å². The monoisotopic (exact) mass is 278 g/mol. The van der Waals surface area contributed by atoms with E-state index >= 15 is 0 Å². The number of carbonyl (C=O) groups is 1. The average Bonchev–Trinajstić information content (AvgIpc) is 2.97. The van der Waals surface area contributed by atoms with E-state index in [4.69, 9.17) is 4.74 Å². The molecule has 2 heterocycles. The van der Waals surface area contributed by atoms with Gasteiger partial charge in [-0.05, 0) is 12.8 Å². The zero-order valence-corrected chi connectivity index (χ0v) is 12.1. The summed E-state index contributed by atoms with van der Waals surface area (Å²) in [5.74, 6) is 0.394. The number of hydrogen-bond donors (Lipinski definition) is 0. The lowest BCUT2D eigenvalue weighted by Crippen LogP contribution is -2.14. The minimum Gasteiger partial charge on any atom is -0.461 e. The van der Waals surface area contributed by atoms with Gasteiger partial charge in [0.15, 0.2) is 5.69 Å². The van der Waals surface area contributed by atoms with E-state index in [0.717, 1.165) is 11.5 Å². The Balaban J connectivity index is 2.34. The number of aromatic nitrogens is 6. The van der Waals surface area contributed by atoms with E-state index in [1.807, 2.05) is 13.8 Å². The largest absolute Gasteiger partial charge is 0.461 e. The molecule has 0 spiro atoms. The second-order valence-corrected chi connectivity index (χ2v) is 4.66. The third kappa shape index (κ3) is 2.68. The van der Waals surface area contributed by atoms with Crippen molar-refractivity contribution in [3.05, 3.63) is 23.5 Å². The van der Waals surface area contributed by atoms with Gasteiger partial charge in [-0.1, -0.05) is 19.1 Å². The highest BCUT2D eigenvalue weighted by Crippen LogP contribution is 2.19. The molecule has 8 nitrogen and oxygen atoms in total. The SMILES string of the molecule is CCOC(=O)c1nnn(Cc2ncnn2C)c1C(C)C. The molecule has 108 valence electrons. The number of rotatable bonds is 5. The van der Waals surface area contributed by atoms with E-state index in [1.165, 1.54) is 6.33 Å². The van der Waals surface area contributed by atoms with E-state index in [2.05, 4.69) is 20.4 Å². The van der Waals surface area contributed by atoms with Gasteiger partial charge in [0.2, 0.25) is 0 Å². The van der Waals surface area contributed by atoms with Crippen LogP contribution >= 0.6 is 0 Å². The Bertz CT molecular complexity index is 601. The number of nitrogens with zero attached hydrogens (tertiary/aromatic N) is 6. The molecule has 0 aliphatic rings. The lowest BCUT2D eigenvalue weighted by atomic mass is 10.1. The van der Waals surface area contributed by atoms with Crippen LogP contribution in [0, 0.1) is 0 Å². The lowest BCUT2D eigenvalue weighted by molar-refractivity contribution is 0.0517. The maximum absolute atomic E-state index is 11.9. The van der Waals surface area contributed by atoms with Crippen LogP contribution in [0.5, 0.6) is 0 Å². The highest BCUT2D eigenvalue weighted by atomic mass is 16.5. The third-order valence-electron chi connectivity index (χ3n) is 2.89. The Labute approximate surface area is 116 Å². The maximum Gasteiger partial charge on any atom is 0.360 e. The first-order valence-corrected chi connectivity index (χ1v) is 6.48. The molecule has 0 aliphatic carbocycles. The van der Waals surface area contributed by atoms with Gasteiger partial charge in [-0.25, -0.2) is 14.5 Å². The van der Waals surface area contributed by atoms with E-state index < -0.39 is 5.97 Å². The fraction of sp³-hybridized carbons (Fsp3) is 0.583. The van der Waals surface area contributed by atoms with Crippen LogP contribution in [-0.2, 0) is 18.3 Å². The van der Waals surface area contributed by atoms with Gasteiger partial charge >= 0.3 is 5.97 Å². The van der Waals surface area contributed by atoms with E-state index in [1.54, 1.807) is 23.3 Å². The number of carbonyl (C=O) groups excluding carboxylic acids is 1. The number of esters is 1. The summed E-state index contributed by atoms with van der Waals surface area (Å²) in [5.41, 5.74) is 1.01. The zero-order valence-electron chi connectivity index (χ0n) is 12.1. The Morgan fingerprint density at radius 1 is 1.45 bits per heavy atom.